The first-order valence-electron chi connectivity index (χ1n) is 5.06. The maximum atomic E-state index is 11.4. The number of furan rings is 1. The molecule has 0 unspecified atom stereocenters. The van der Waals surface area contributed by atoms with Gasteiger partial charge < -0.3 is 4.42 Å². The normalized spacial score (nSPS) is 10.9. The van der Waals surface area contributed by atoms with Gasteiger partial charge in [0.15, 0.2) is 5.76 Å². The highest BCUT2D eigenvalue weighted by atomic mass is 16.3. The number of Topliss-reactive ketones (excluding diaryl/α,β-unsaturated/α-hetero) is 1. The highest BCUT2D eigenvalue weighted by molar-refractivity contribution is 5.94. The fraction of sp³-hybridized carbons (Fsp3) is 0.417. The molecule has 2 heteroatoms. The summed E-state index contributed by atoms with van der Waals surface area (Å²) in [4.78, 5) is 11.4. The molecule has 14 heavy (non-hydrogen) atoms. The SMILES string of the molecule is CCCC/C=C\CC(=O)c1ccco1. The maximum absolute atomic E-state index is 11.4. The summed E-state index contributed by atoms with van der Waals surface area (Å²) in [6, 6.07) is 3.43. The summed E-state index contributed by atoms with van der Waals surface area (Å²) in [5.74, 6) is 0.493. The molecule has 0 saturated carbocycles. The molecule has 0 radical (unpaired) electrons. The summed E-state index contributed by atoms with van der Waals surface area (Å²) in [5.41, 5.74) is 0. The molecule has 1 heterocycles. The predicted octanol–water partition coefficient (Wildman–Crippen LogP) is 3.60. The van der Waals surface area contributed by atoms with Gasteiger partial charge in [-0.3, -0.25) is 4.79 Å². The van der Waals surface area contributed by atoms with Crippen molar-refractivity contribution in [3.63, 3.8) is 0 Å². The van der Waals surface area contributed by atoms with Gasteiger partial charge in [-0.2, -0.15) is 0 Å². The molecule has 0 fully saturated rings. The largest absolute Gasteiger partial charge is 0.461 e. The van der Waals surface area contributed by atoms with Crippen molar-refractivity contribution in [1.82, 2.24) is 0 Å². The lowest BCUT2D eigenvalue weighted by Gasteiger charge is -1.91. The van der Waals surface area contributed by atoms with Gasteiger partial charge in [0.05, 0.1) is 6.26 Å². The van der Waals surface area contributed by atoms with E-state index in [2.05, 4.69) is 13.0 Å². The van der Waals surface area contributed by atoms with Crippen LogP contribution in [0.3, 0.4) is 0 Å². The van der Waals surface area contributed by atoms with Crippen molar-refractivity contribution in [2.45, 2.75) is 32.6 Å². The van der Waals surface area contributed by atoms with E-state index >= 15 is 0 Å². The second-order valence-corrected chi connectivity index (χ2v) is 3.22. The Morgan fingerprint density at radius 3 is 3.00 bits per heavy atom. The number of carbonyl (C=O) groups excluding carboxylic acids is 1. The first-order valence-corrected chi connectivity index (χ1v) is 5.06. The molecule has 0 aliphatic heterocycles. The first kappa shape index (κ1) is 10.8. The number of hydrogen-bond acceptors (Lipinski definition) is 2. The van der Waals surface area contributed by atoms with Crippen LogP contribution in [0.4, 0.5) is 0 Å². The molecule has 0 aliphatic rings. The minimum Gasteiger partial charge on any atom is -0.461 e. The lowest BCUT2D eigenvalue weighted by molar-refractivity contribution is 0.0969. The number of ketones is 1. The van der Waals surface area contributed by atoms with Gasteiger partial charge in [-0.25, -0.2) is 0 Å². The molecule has 1 aromatic rings. The van der Waals surface area contributed by atoms with E-state index in [0.29, 0.717) is 12.2 Å². The third kappa shape index (κ3) is 3.60. The molecule has 0 aromatic carbocycles. The van der Waals surface area contributed by atoms with Crippen molar-refractivity contribution in [3.8, 4) is 0 Å². The van der Waals surface area contributed by atoms with E-state index in [9.17, 15) is 4.79 Å². The van der Waals surface area contributed by atoms with Crippen LogP contribution in [0.5, 0.6) is 0 Å². The standard InChI is InChI=1S/C12H16O2/c1-2-3-4-5-6-8-11(13)12-9-7-10-14-12/h5-7,9-10H,2-4,8H2,1H3/b6-5-. The molecular formula is C12H16O2. The van der Waals surface area contributed by atoms with Crippen molar-refractivity contribution in [3.05, 3.63) is 36.3 Å². The fourth-order valence-corrected chi connectivity index (χ4v) is 1.17. The van der Waals surface area contributed by atoms with Crippen molar-refractivity contribution in [2.24, 2.45) is 0 Å². The molecule has 0 saturated heterocycles. The second-order valence-electron chi connectivity index (χ2n) is 3.22. The monoisotopic (exact) mass is 192 g/mol. The molecule has 2 nitrogen and oxygen atoms in total. The van der Waals surface area contributed by atoms with Crippen LogP contribution in [0.25, 0.3) is 0 Å². The third-order valence-electron chi connectivity index (χ3n) is 1.99. The lowest BCUT2D eigenvalue weighted by Crippen LogP contribution is -1.93. The molecule has 0 aliphatic carbocycles. The van der Waals surface area contributed by atoms with Gasteiger partial charge in [0.25, 0.3) is 0 Å². The average Bonchev–Trinajstić information content (AvgIpc) is 2.70. The van der Waals surface area contributed by atoms with Gasteiger partial charge >= 0.3 is 0 Å². The van der Waals surface area contributed by atoms with Crippen LogP contribution < -0.4 is 0 Å². The smallest absolute Gasteiger partial charge is 0.201 e. The van der Waals surface area contributed by atoms with E-state index in [1.165, 1.54) is 19.1 Å². The van der Waals surface area contributed by atoms with E-state index < -0.39 is 0 Å². The topological polar surface area (TPSA) is 30.2 Å². The van der Waals surface area contributed by atoms with Gasteiger partial charge in [-0.1, -0.05) is 31.9 Å². The van der Waals surface area contributed by atoms with E-state index in [0.717, 1.165) is 6.42 Å². The quantitative estimate of drug-likeness (QED) is 0.391. The Morgan fingerprint density at radius 1 is 1.50 bits per heavy atom. The molecule has 76 valence electrons. The Kier molecular flexibility index (Phi) is 4.76. The van der Waals surface area contributed by atoms with Crippen LogP contribution in [0.2, 0.25) is 0 Å². The van der Waals surface area contributed by atoms with E-state index in [1.807, 2.05) is 6.08 Å². The van der Waals surface area contributed by atoms with Crippen molar-refractivity contribution in [2.75, 3.05) is 0 Å². The second kappa shape index (κ2) is 6.19. The molecule has 1 aromatic heterocycles. The highest BCUT2D eigenvalue weighted by Gasteiger charge is 2.04. The number of allylic oxidation sites excluding steroid dienone is 2. The van der Waals surface area contributed by atoms with Crippen LogP contribution in [0.1, 0.15) is 43.2 Å². The molecular weight excluding hydrogens is 176 g/mol. The first-order chi connectivity index (χ1) is 6.84. The summed E-state index contributed by atoms with van der Waals surface area (Å²) in [5, 5.41) is 0. The number of hydrogen-bond donors (Lipinski definition) is 0. The Bertz CT molecular complexity index is 283. The number of carbonyl (C=O) groups is 1. The maximum Gasteiger partial charge on any atom is 0.201 e. The molecule has 0 atom stereocenters. The Labute approximate surface area is 84.6 Å². The zero-order valence-electron chi connectivity index (χ0n) is 8.53. The Hall–Kier alpha value is -1.31. The molecule has 0 spiro atoms. The van der Waals surface area contributed by atoms with Crippen LogP contribution in [-0.2, 0) is 0 Å². The minimum atomic E-state index is 0.0442. The molecule has 0 amide bonds. The van der Waals surface area contributed by atoms with Gasteiger partial charge in [0, 0.05) is 6.42 Å². The number of unbranched alkanes of at least 4 members (excludes halogenated alkanes) is 2. The van der Waals surface area contributed by atoms with Crippen LogP contribution >= 0.6 is 0 Å². The Balaban J connectivity index is 2.25. The zero-order chi connectivity index (χ0) is 10.2. The molecule has 0 bridgehead atoms. The van der Waals surface area contributed by atoms with Gasteiger partial charge in [0.1, 0.15) is 0 Å². The van der Waals surface area contributed by atoms with Crippen molar-refractivity contribution >= 4 is 5.78 Å². The minimum absolute atomic E-state index is 0.0442. The van der Waals surface area contributed by atoms with Gasteiger partial charge in [-0.15, -0.1) is 0 Å². The summed E-state index contributed by atoms with van der Waals surface area (Å²) >= 11 is 0. The summed E-state index contributed by atoms with van der Waals surface area (Å²) in [6.45, 7) is 2.15. The zero-order valence-corrected chi connectivity index (χ0v) is 8.53. The summed E-state index contributed by atoms with van der Waals surface area (Å²) < 4.78 is 4.99. The number of rotatable bonds is 6. The van der Waals surface area contributed by atoms with Crippen molar-refractivity contribution < 1.29 is 9.21 Å². The van der Waals surface area contributed by atoms with E-state index in [-0.39, 0.29) is 5.78 Å². The van der Waals surface area contributed by atoms with Gasteiger partial charge in [0.2, 0.25) is 5.78 Å². The van der Waals surface area contributed by atoms with Crippen LogP contribution in [0.15, 0.2) is 35.0 Å². The fourth-order valence-electron chi connectivity index (χ4n) is 1.17. The van der Waals surface area contributed by atoms with Gasteiger partial charge in [-0.05, 0) is 18.6 Å². The van der Waals surface area contributed by atoms with E-state index in [1.54, 1.807) is 12.1 Å². The lowest BCUT2D eigenvalue weighted by atomic mass is 10.2. The third-order valence-corrected chi connectivity index (χ3v) is 1.99. The predicted molar refractivity (Wildman–Crippen MR) is 56.3 cm³/mol. The highest BCUT2D eigenvalue weighted by Crippen LogP contribution is 2.05. The molecule has 0 N–H and O–H groups in total. The van der Waals surface area contributed by atoms with Crippen molar-refractivity contribution in [1.29, 1.82) is 0 Å². The Morgan fingerprint density at radius 2 is 2.36 bits per heavy atom. The summed E-state index contributed by atoms with van der Waals surface area (Å²) in [6.07, 6.45) is 9.37. The van der Waals surface area contributed by atoms with Crippen LogP contribution in [-0.4, -0.2) is 5.78 Å². The van der Waals surface area contributed by atoms with E-state index in [4.69, 9.17) is 4.42 Å². The average molecular weight is 192 g/mol. The van der Waals surface area contributed by atoms with Crippen LogP contribution in [0, 0.1) is 0 Å². The summed E-state index contributed by atoms with van der Waals surface area (Å²) in [7, 11) is 0. The molecule has 1 rings (SSSR count).